The zero-order valence-corrected chi connectivity index (χ0v) is 12.3. The van der Waals surface area contributed by atoms with Crippen LogP contribution in [0.4, 0.5) is 13.2 Å². The van der Waals surface area contributed by atoms with Crippen molar-refractivity contribution in [2.45, 2.75) is 32.0 Å². The molecule has 20 heavy (non-hydrogen) atoms. The maximum atomic E-state index is 12.1. The van der Waals surface area contributed by atoms with Crippen LogP contribution in [-0.4, -0.2) is 24.7 Å². The predicted octanol–water partition coefficient (Wildman–Crippen LogP) is 4.28. The molecule has 0 radical (unpaired) electrons. The van der Waals surface area contributed by atoms with Crippen LogP contribution in [0, 0.1) is 0 Å². The Labute approximate surface area is 123 Å². The van der Waals surface area contributed by atoms with Gasteiger partial charge in [0.05, 0.1) is 11.1 Å². The first-order valence-electron chi connectivity index (χ1n) is 6.21. The Balaban J connectivity index is 2.39. The van der Waals surface area contributed by atoms with Gasteiger partial charge in [0.1, 0.15) is 11.5 Å². The number of unbranched alkanes of at least 4 members (excludes halogenated alkanes) is 3. The minimum atomic E-state index is -4.71. The van der Waals surface area contributed by atoms with E-state index in [0.29, 0.717) is 12.4 Å². The number of rotatable bonds is 8. The number of hydrogen-bond donors (Lipinski definition) is 1. The lowest BCUT2D eigenvalue weighted by atomic mass is 10.2. The van der Waals surface area contributed by atoms with E-state index < -0.39 is 6.36 Å². The summed E-state index contributed by atoms with van der Waals surface area (Å²) in [4.78, 5) is 0. The van der Waals surface area contributed by atoms with Crippen molar-refractivity contribution in [1.29, 1.82) is 0 Å². The molecule has 7 heteroatoms. The molecule has 0 aliphatic rings. The van der Waals surface area contributed by atoms with Gasteiger partial charge in [-0.1, -0.05) is 6.42 Å². The number of ether oxygens (including phenoxy) is 2. The number of aliphatic hydroxyl groups excluding tert-OH is 1. The average molecular weight is 357 g/mol. The van der Waals surface area contributed by atoms with Crippen molar-refractivity contribution in [3.8, 4) is 11.5 Å². The zero-order chi connectivity index (χ0) is 15.0. The maximum absolute atomic E-state index is 12.1. The Bertz CT molecular complexity index is 410. The molecule has 1 N–H and O–H groups in total. The quantitative estimate of drug-likeness (QED) is 0.706. The van der Waals surface area contributed by atoms with E-state index in [4.69, 9.17) is 9.84 Å². The second kappa shape index (κ2) is 8.36. The summed E-state index contributed by atoms with van der Waals surface area (Å²) >= 11 is 3.01. The lowest BCUT2D eigenvalue weighted by Gasteiger charge is -2.12. The molecule has 0 unspecified atom stereocenters. The molecule has 0 bridgehead atoms. The highest BCUT2D eigenvalue weighted by atomic mass is 79.9. The van der Waals surface area contributed by atoms with Gasteiger partial charge in [-0.15, -0.1) is 13.2 Å². The van der Waals surface area contributed by atoms with Crippen LogP contribution < -0.4 is 9.47 Å². The van der Waals surface area contributed by atoms with Gasteiger partial charge in [0.15, 0.2) is 0 Å². The SMILES string of the molecule is OCCCCCCOc1ccc(OC(F)(F)F)c(Br)c1. The van der Waals surface area contributed by atoms with Gasteiger partial charge in [-0.25, -0.2) is 0 Å². The van der Waals surface area contributed by atoms with Gasteiger partial charge < -0.3 is 14.6 Å². The molecular weight excluding hydrogens is 341 g/mol. The summed E-state index contributed by atoms with van der Waals surface area (Å²) in [6.45, 7) is 0.672. The first-order chi connectivity index (χ1) is 9.42. The summed E-state index contributed by atoms with van der Waals surface area (Å²) in [5, 5.41) is 8.61. The number of halogens is 4. The minimum absolute atomic E-state index is 0.188. The summed E-state index contributed by atoms with van der Waals surface area (Å²) in [7, 11) is 0. The second-order valence-corrected chi connectivity index (χ2v) is 4.98. The molecule has 0 amide bonds. The highest BCUT2D eigenvalue weighted by molar-refractivity contribution is 9.10. The lowest BCUT2D eigenvalue weighted by Crippen LogP contribution is -2.17. The fourth-order valence-electron chi connectivity index (χ4n) is 1.54. The van der Waals surface area contributed by atoms with Gasteiger partial charge in [0.25, 0.3) is 0 Å². The monoisotopic (exact) mass is 356 g/mol. The second-order valence-electron chi connectivity index (χ2n) is 4.13. The van der Waals surface area contributed by atoms with Crippen molar-refractivity contribution < 1.29 is 27.8 Å². The van der Waals surface area contributed by atoms with Crippen LogP contribution in [0.3, 0.4) is 0 Å². The molecule has 0 heterocycles. The number of benzene rings is 1. The van der Waals surface area contributed by atoms with Crippen LogP contribution in [0.15, 0.2) is 22.7 Å². The zero-order valence-electron chi connectivity index (χ0n) is 10.8. The molecule has 3 nitrogen and oxygen atoms in total. The van der Waals surface area contributed by atoms with Crippen LogP contribution in [0.5, 0.6) is 11.5 Å². The summed E-state index contributed by atoms with van der Waals surface area (Å²) in [6, 6.07) is 4.08. The first-order valence-corrected chi connectivity index (χ1v) is 7.00. The number of aliphatic hydroxyl groups is 1. The molecule has 1 rings (SSSR count). The molecule has 0 saturated carbocycles. The molecule has 1 aromatic carbocycles. The van der Waals surface area contributed by atoms with Crippen LogP contribution in [0.25, 0.3) is 0 Å². The van der Waals surface area contributed by atoms with Crippen molar-refractivity contribution in [3.63, 3.8) is 0 Å². The van der Waals surface area contributed by atoms with Crippen molar-refractivity contribution >= 4 is 15.9 Å². The van der Waals surface area contributed by atoms with E-state index in [1.54, 1.807) is 0 Å². The summed E-state index contributed by atoms with van der Waals surface area (Å²) < 4.78 is 45.7. The standard InChI is InChI=1S/C13H16BrF3O3/c14-11-9-10(19-8-4-2-1-3-7-18)5-6-12(11)20-13(15,16)17/h5-6,9,18H,1-4,7-8H2. The smallest absolute Gasteiger partial charge is 0.494 e. The molecule has 1 aromatic rings. The molecule has 0 spiro atoms. The lowest BCUT2D eigenvalue weighted by molar-refractivity contribution is -0.274. The van der Waals surface area contributed by atoms with Crippen molar-refractivity contribution in [3.05, 3.63) is 22.7 Å². The molecule has 0 aliphatic carbocycles. The van der Waals surface area contributed by atoms with E-state index >= 15 is 0 Å². The van der Waals surface area contributed by atoms with E-state index in [0.717, 1.165) is 25.7 Å². The van der Waals surface area contributed by atoms with Gasteiger partial charge in [-0.3, -0.25) is 0 Å². The van der Waals surface area contributed by atoms with Crippen LogP contribution in [0.1, 0.15) is 25.7 Å². The first kappa shape index (κ1) is 17.1. The highest BCUT2D eigenvalue weighted by Gasteiger charge is 2.31. The third kappa shape index (κ3) is 7.00. The van der Waals surface area contributed by atoms with Gasteiger partial charge in [-0.05, 0) is 53.4 Å². The van der Waals surface area contributed by atoms with E-state index in [9.17, 15) is 13.2 Å². The van der Waals surface area contributed by atoms with Gasteiger partial charge in [0, 0.05) is 6.61 Å². The van der Waals surface area contributed by atoms with Crippen LogP contribution in [0.2, 0.25) is 0 Å². The van der Waals surface area contributed by atoms with Crippen molar-refractivity contribution in [2.24, 2.45) is 0 Å². The molecule has 0 saturated heterocycles. The fourth-order valence-corrected chi connectivity index (χ4v) is 1.97. The van der Waals surface area contributed by atoms with E-state index in [1.807, 2.05) is 0 Å². The molecule has 0 fully saturated rings. The highest BCUT2D eigenvalue weighted by Crippen LogP contribution is 2.33. The number of hydrogen-bond acceptors (Lipinski definition) is 3. The Kier molecular flexibility index (Phi) is 7.15. The Morgan fingerprint density at radius 1 is 1.10 bits per heavy atom. The average Bonchev–Trinajstić information content (AvgIpc) is 2.35. The molecule has 114 valence electrons. The van der Waals surface area contributed by atoms with Crippen LogP contribution in [-0.2, 0) is 0 Å². The normalized spacial score (nSPS) is 11.4. The Morgan fingerprint density at radius 2 is 1.80 bits per heavy atom. The Morgan fingerprint density at radius 3 is 2.40 bits per heavy atom. The molecule has 0 aromatic heterocycles. The van der Waals surface area contributed by atoms with Crippen molar-refractivity contribution in [1.82, 2.24) is 0 Å². The maximum Gasteiger partial charge on any atom is 0.573 e. The van der Waals surface area contributed by atoms with E-state index in [2.05, 4.69) is 20.7 Å². The molecular formula is C13H16BrF3O3. The summed E-state index contributed by atoms with van der Waals surface area (Å²) in [5.41, 5.74) is 0. The largest absolute Gasteiger partial charge is 0.573 e. The summed E-state index contributed by atoms with van der Waals surface area (Å²) in [6.07, 6.45) is -1.23. The summed E-state index contributed by atoms with van der Waals surface area (Å²) in [5.74, 6) is 0.182. The van der Waals surface area contributed by atoms with Crippen molar-refractivity contribution in [2.75, 3.05) is 13.2 Å². The van der Waals surface area contributed by atoms with Gasteiger partial charge in [-0.2, -0.15) is 0 Å². The predicted molar refractivity (Wildman–Crippen MR) is 71.9 cm³/mol. The van der Waals surface area contributed by atoms with Crippen LogP contribution >= 0.6 is 15.9 Å². The van der Waals surface area contributed by atoms with Gasteiger partial charge in [0.2, 0.25) is 0 Å². The topological polar surface area (TPSA) is 38.7 Å². The Hall–Kier alpha value is -0.950. The third-order valence-corrected chi connectivity index (χ3v) is 3.07. The van der Waals surface area contributed by atoms with E-state index in [1.165, 1.54) is 18.2 Å². The molecule has 0 atom stereocenters. The number of alkyl halides is 3. The minimum Gasteiger partial charge on any atom is -0.494 e. The van der Waals surface area contributed by atoms with Gasteiger partial charge >= 0.3 is 6.36 Å². The van der Waals surface area contributed by atoms with E-state index in [-0.39, 0.29) is 16.8 Å². The molecule has 0 aliphatic heterocycles. The third-order valence-electron chi connectivity index (χ3n) is 2.45. The fraction of sp³-hybridized carbons (Fsp3) is 0.538.